The second-order valence-electron chi connectivity index (χ2n) is 2.77. The Balaban J connectivity index is 3.11. The largest absolute Gasteiger partial charge is 0.488 e. The molecule has 0 atom stereocenters. The van der Waals surface area contributed by atoms with Gasteiger partial charge in [0.25, 0.3) is 0 Å². The zero-order valence-corrected chi connectivity index (χ0v) is 7.31. The Kier molecular flexibility index (Phi) is 3.05. The summed E-state index contributed by atoms with van der Waals surface area (Å²) in [7, 11) is -1.45. The highest BCUT2D eigenvalue weighted by molar-refractivity contribution is 6.58. The molecule has 5 heteroatoms. The lowest BCUT2D eigenvalue weighted by molar-refractivity contribution is 0.426. The molecule has 0 bridgehead atoms. The minimum absolute atomic E-state index is 0.431. The van der Waals surface area contributed by atoms with E-state index in [1.807, 2.05) is 6.92 Å². The van der Waals surface area contributed by atoms with Crippen LogP contribution in [0.4, 0.5) is 0 Å². The number of nitrogens with two attached hydrogens (primary N) is 1. The second kappa shape index (κ2) is 4.07. The van der Waals surface area contributed by atoms with E-state index in [9.17, 15) is 0 Å². The monoisotopic (exact) mass is 178 g/mol. The van der Waals surface area contributed by atoms with E-state index in [0.29, 0.717) is 5.46 Å². The second-order valence-corrected chi connectivity index (χ2v) is 2.77. The topological polar surface area (TPSA) is 78.8 Å². The van der Waals surface area contributed by atoms with Crippen molar-refractivity contribution in [1.82, 2.24) is 0 Å². The van der Waals surface area contributed by atoms with Crippen LogP contribution in [0, 0.1) is 6.92 Å². The van der Waals surface area contributed by atoms with Crippen molar-refractivity contribution in [3.63, 3.8) is 0 Å². The zero-order valence-electron chi connectivity index (χ0n) is 7.31. The van der Waals surface area contributed by atoms with Crippen molar-refractivity contribution in [3.8, 4) is 0 Å². The lowest BCUT2D eigenvalue weighted by Crippen LogP contribution is -2.30. The van der Waals surface area contributed by atoms with Gasteiger partial charge in [-0.05, 0) is 23.5 Å². The number of hydrogen-bond acceptors (Lipinski definition) is 4. The van der Waals surface area contributed by atoms with E-state index in [0.717, 1.165) is 11.1 Å². The van der Waals surface area contributed by atoms with E-state index in [4.69, 9.17) is 15.9 Å². The van der Waals surface area contributed by atoms with Crippen LogP contribution in [-0.2, 0) is 0 Å². The van der Waals surface area contributed by atoms with Crippen molar-refractivity contribution in [2.45, 2.75) is 6.92 Å². The molecular formula is C8H11BN2O2. The highest BCUT2D eigenvalue weighted by Gasteiger charge is 2.11. The van der Waals surface area contributed by atoms with Crippen molar-refractivity contribution < 1.29 is 10.0 Å². The molecule has 1 aromatic carbocycles. The molecule has 0 aliphatic heterocycles. The summed E-state index contributed by atoms with van der Waals surface area (Å²) >= 11 is 0. The molecule has 0 amide bonds. The van der Waals surface area contributed by atoms with Gasteiger partial charge in [-0.25, -0.2) is 0 Å². The van der Waals surface area contributed by atoms with E-state index < -0.39 is 7.12 Å². The SMILES string of the molecule is Cc1ccc(B(O)O)cc1C=NN. The summed E-state index contributed by atoms with van der Waals surface area (Å²) < 4.78 is 0. The van der Waals surface area contributed by atoms with Crippen LogP contribution >= 0.6 is 0 Å². The van der Waals surface area contributed by atoms with Crippen LogP contribution in [0.1, 0.15) is 11.1 Å². The molecule has 0 fully saturated rings. The van der Waals surface area contributed by atoms with Crippen LogP contribution in [-0.4, -0.2) is 23.4 Å². The first-order chi connectivity index (χ1) is 6.15. The van der Waals surface area contributed by atoms with Crippen LogP contribution in [0.3, 0.4) is 0 Å². The quantitative estimate of drug-likeness (QED) is 0.234. The molecule has 0 unspecified atom stereocenters. The maximum atomic E-state index is 8.89. The fraction of sp³-hybridized carbons (Fsp3) is 0.125. The first-order valence-electron chi connectivity index (χ1n) is 3.85. The minimum atomic E-state index is -1.45. The molecule has 4 N–H and O–H groups in total. The number of hydrazone groups is 1. The van der Waals surface area contributed by atoms with Gasteiger partial charge < -0.3 is 15.9 Å². The Labute approximate surface area is 76.8 Å². The van der Waals surface area contributed by atoms with Gasteiger partial charge in [-0.15, -0.1) is 0 Å². The highest BCUT2D eigenvalue weighted by atomic mass is 16.4. The number of hydrogen-bond donors (Lipinski definition) is 3. The van der Waals surface area contributed by atoms with Gasteiger partial charge >= 0.3 is 7.12 Å². The Hall–Kier alpha value is -1.33. The third kappa shape index (κ3) is 2.30. The van der Waals surface area contributed by atoms with Gasteiger partial charge in [0.15, 0.2) is 0 Å². The molecule has 0 saturated heterocycles. The molecule has 0 aliphatic rings. The predicted molar refractivity (Wildman–Crippen MR) is 52.8 cm³/mol. The van der Waals surface area contributed by atoms with E-state index >= 15 is 0 Å². The summed E-state index contributed by atoms with van der Waals surface area (Å²) in [6.07, 6.45) is 1.47. The van der Waals surface area contributed by atoms with Gasteiger partial charge in [-0.2, -0.15) is 5.10 Å². The predicted octanol–water partition coefficient (Wildman–Crippen LogP) is -1.03. The van der Waals surface area contributed by atoms with Crippen LogP contribution < -0.4 is 11.3 Å². The zero-order chi connectivity index (χ0) is 9.84. The van der Waals surface area contributed by atoms with Crippen LogP contribution in [0.15, 0.2) is 23.3 Å². The molecule has 0 radical (unpaired) electrons. The molecule has 1 aromatic rings. The summed E-state index contributed by atoms with van der Waals surface area (Å²) in [6.45, 7) is 1.89. The van der Waals surface area contributed by atoms with E-state index in [1.54, 1.807) is 18.2 Å². The maximum absolute atomic E-state index is 8.89. The maximum Gasteiger partial charge on any atom is 0.488 e. The van der Waals surface area contributed by atoms with Crippen LogP contribution in [0.25, 0.3) is 0 Å². The molecule has 13 heavy (non-hydrogen) atoms. The molecular weight excluding hydrogens is 167 g/mol. The average Bonchev–Trinajstić information content (AvgIpc) is 2.08. The van der Waals surface area contributed by atoms with Crippen molar-refractivity contribution in [2.24, 2.45) is 10.9 Å². The van der Waals surface area contributed by atoms with Gasteiger partial charge in [0.1, 0.15) is 0 Å². The fourth-order valence-electron chi connectivity index (χ4n) is 1.04. The summed E-state index contributed by atoms with van der Waals surface area (Å²) in [5.74, 6) is 5.00. The van der Waals surface area contributed by atoms with Gasteiger partial charge in [0, 0.05) is 0 Å². The van der Waals surface area contributed by atoms with E-state index in [2.05, 4.69) is 5.10 Å². The van der Waals surface area contributed by atoms with Crippen molar-refractivity contribution >= 4 is 18.8 Å². The van der Waals surface area contributed by atoms with Gasteiger partial charge in [0.2, 0.25) is 0 Å². The standard InChI is InChI=1S/C8H11BN2O2/c1-6-2-3-8(9(12)13)4-7(6)5-11-10/h2-5,12-13H,10H2,1H3. The number of nitrogens with zero attached hydrogens (tertiary/aromatic N) is 1. The van der Waals surface area contributed by atoms with Crippen molar-refractivity contribution in [3.05, 3.63) is 29.3 Å². The first kappa shape index (κ1) is 9.76. The Morgan fingerprint density at radius 2 is 2.15 bits per heavy atom. The summed E-state index contributed by atoms with van der Waals surface area (Å²) in [5.41, 5.74) is 2.20. The number of rotatable bonds is 2. The van der Waals surface area contributed by atoms with Gasteiger partial charge in [-0.3, -0.25) is 0 Å². The molecule has 4 nitrogen and oxygen atoms in total. The normalized spacial score (nSPS) is 10.7. The highest BCUT2D eigenvalue weighted by Crippen LogP contribution is 2.02. The average molecular weight is 178 g/mol. The third-order valence-corrected chi connectivity index (χ3v) is 1.82. The first-order valence-corrected chi connectivity index (χ1v) is 3.85. The van der Waals surface area contributed by atoms with Gasteiger partial charge in [-0.1, -0.05) is 18.2 Å². The van der Waals surface area contributed by atoms with E-state index in [1.165, 1.54) is 6.21 Å². The molecule has 0 heterocycles. The molecule has 1 rings (SSSR count). The third-order valence-electron chi connectivity index (χ3n) is 1.82. The molecule has 0 spiro atoms. The molecule has 0 aromatic heterocycles. The summed E-state index contributed by atoms with van der Waals surface area (Å²) in [5, 5.41) is 21.2. The summed E-state index contributed by atoms with van der Waals surface area (Å²) in [4.78, 5) is 0. The number of aryl methyl sites for hydroxylation is 1. The van der Waals surface area contributed by atoms with Crippen molar-refractivity contribution in [2.75, 3.05) is 0 Å². The Morgan fingerprint density at radius 3 is 2.69 bits per heavy atom. The molecule has 0 saturated carbocycles. The lowest BCUT2D eigenvalue weighted by Gasteiger charge is -2.03. The minimum Gasteiger partial charge on any atom is -0.423 e. The molecule has 68 valence electrons. The fourth-order valence-corrected chi connectivity index (χ4v) is 1.04. The van der Waals surface area contributed by atoms with E-state index in [-0.39, 0.29) is 0 Å². The Morgan fingerprint density at radius 1 is 1.46 bits per heavy atom. The smallest absolute Gasteiger partial charge is 0.423 e. The van der Waals surface area contributed by atoms with Crippen LogP contribution in [0.2, 0.25) is 0 Å². The van der Waals surface area contributed by atoms with Gasteiger partial charge in [0.05, 0.1) is 6.21 Å². The Bertz CT molecular complexity index is 326. The summed E-state index contributed by atoms with van der Waals surface area (Å²) in [6, 6.07) is 5.07. The lowest BCUT2D eigenvalue weighted by atomic mass is 9.79. The van der Waals surface area contributed by atoms with Crippen molar-refractivity contribution in [1.29, 1.82) is 0 Å². The molecule has 0 aliphatic carbocycles. The van der Waals surface area contributed by atoms with Crippen LogP contribution in [0.5, 0.6) is 0 Å². The number of benzene rings is 1.